The summed E-state index contributed by atoms with van der Waals surface area (Å²) in [5.41, 5.74) is -0.516. The molecule has 2 heterocycles. The number of rotatable bonds is 4. The van der Waals surface area contributed by atoms with Gasteiger partial charge in [-0.2, -0.15) is 4.68 Å². The molecule has 2 fully saturated rings. The molecular formula is C18H20FN7O3. The molecule has 2 N–H and O–H groups in total. The van der Waals surface area contributed by atoms with Gasteiger partial charge in [0.1, 0.15) is 23.6 Å². The molecule has 152 valence electrons. The number of aryl methyl sites for hydroxylation is 1. The van der Waals surface area contributed by atoms with Crippen molar-refractivity contribution in [2.75, 3.05) is 11.9 Å². The van der Waals surface area contributed by atoms with E-state index in [4.69, 9.17) is 0 Å². The van der Waals surface area contributed by atoms with Gasteiger partial charge in [0.15, 0.2) is 5.82 Å². The summed E-state index contributed by atoms with van der Waals surface area (Å²) in [7, 11) is 0. The molecule has 29 heavy (non-hydrogen) atoms. The van der Waals surface area contributed by atoms with Crippen LogP contribution in [0.1, 0.15) is 37.9 Å². The molecule has 2 aliphatic rings. The largest absolute Gasteiger partial charge is 0.325 e. The fraction of sp³-hybridized carbons (Fsp3) is 0.444. The Kier molecular flexibility index (Phi) is 4.73. The van der Waals surface area contributed by atoms with E-state index in [0.717, 1.165) is 24.2 Å². The van der Waals surface area contributed by atoms with Crippen LogP contribution in [-0.2, 0) is 9.59 Å². The summed E-state index contributed by atoms with van der Waals surface area (Å²) in [5.74, 6) is -1.11. The predicted molar refractivity (Wildman–Crippen MR) is 98.5 cm³/mol. The normalized spacial score (nSPS) is 18.2. The van der Waals surface area contributed by atoms with Crippen LogP contribution in [0.5, 0.6) is 0 Å². The third-order valence-electron chi connectivity index (χ3n) is 5.34. The predicted octanol–water partition coefficient (Wildman–Crippen LogP) is 1.30. The molecule has 1 aliphatic carbocycles. The van der Waals surface area contributed by atoms with Gasteiger partial charge in [0.2, 0.25) is 5.91 Å². The molecule has 1 aliphatic heterocycles. The molecule has 1 spiro atoms. The number of carbonyl (C=O) groups excluding carboxylic acids is 3. The van der Waals surface area contributed by atoms with Crippen molar-refractivity contribution in [1.29, 1.82) is 0 Å². The number of aromatic nitrogens is 4. The topological polar surface area (TPSA) is 122 Å². The summed E-state index contributed by atoms with van der Waals surface area (Å²) >= 11 is 0. The Labute approximate surface area is 165 Å². The third kappa shape index (κ3) is 3.43. The highest BCUT2D eigenvalue weighted by molar-refractivity contribution is 6.10. The number of imide groups is 1. The minimum atomic E-state index is -0.879. The zero-order valence-corrected chi connectivity index (χ0v) is 15.8. The maximum Gasteiger partial charge on any atom is 0.325 e. The lowest BCUT2D eigenvalue weighted by molar-refractivity contribution is -0.134. The molecule has 10 nitrogen and oxygen atoms in total. The first-order chi connectivity index (χ1) is 13.9. The summed E-state index contributed by atoms with van der Waals surface area (Å²) in [6.07, 6.45) is 3.92. The first-order valence-corrected chi connectivity index (χ1v) is 9.38. The van der Waals surface area contributed by atoms with E-state index in [0.29, 0.717) is 24.4 Å². The fourth-order valence-corrected chi connectivity index (χ4v) is 3.87. The summed E-state index contributed by atoms with van der Waals surface area (Å²) < 4.78 is 15.4. The molecule has 0 unspecified atom stereocenters. The van der Waals surface area contributed by atoms with Crippen LogP contribution in [-0.4, -0.2) is 55.0 Å². The maximum absolute atomic E-state index is 14.1. The number of urea groups is 1. The van der Waals surface area contributed by atoms with E-state index >= 15 is 0 Å². The van der Waals surface area contributed by atoms with Crippen molar-refractivity contribution in [1.82, 2.24) is 30.4 Å². The van der Waals surface area contributed by atoms with Crippen molar-refractivity contribution in [3.05, 3.63) is 29.8 Å². The van der Waals surface area contributed by atoms with Crippen LogP contribution in [0.4, 0.5) is 14.9 Å². The summed E-state index contributed by atoms with van der Waals surface area (Å²) in [6, 6.07) is 3.38. The number of halogens is 1. The number of benzene rings is 1. The first kappa shape index (κ1) is 19.0. The molecule has 0 atom stereocenters. The molecule has 4 rings (SSSR count). The number of amides is 4. The Hall–Kier alpha value is -3.37. The highest BCUT2D eigenvalue weighted by atomic mass is 19.1. The molecule has 1 aromatic heterocycles. The van der Waals surface area contributed by atoms with Gasteiger partial charge in [-0.05, 0) is 48.4 Å². The Morgan fingerprint density at radius 2 is 2.03 bits per heavy atom. The molecular weight excluding hydrogens is 381 g/mol. The Morgan fingerprint density at radius 3 is 2.72 bits per heavy atom. The van der Waals surface area contributed by atoms with E-state index in [1.807, 2.05) is 0 Å². The number of hydrogen-bond donors (Lipinski definition) is 2. The van der Waals surface area contributed by atoms with Crippen LogP contribution in [0.2, 0.25) is 0 Å². The quantitative estimate of drug-likeness (QED) is 0.745. The number of nitrogens with zero attached hydrogens (tertiary/aromatic N) is 5. The zero-order chi connectivity index (χ0) is 20.6. The first-order valence-electron chi connectivity index (χ1n) is 9.38. The lowest BCUT2D eigenvalue weighted by Gasteiger charge is -2.30. The van der Waals surface area contributed by atoms with E-state index < -0.39 is 29.8 Å². The summed E-state index contributed by atoms with van der Waals surface area (Å²) in [4.78, 5) is 38.4. The molecule has 11 heteroatoms. The third-order valence-corrected chi connectivity index (χ3v) is 5.34. The van der Waals surface area contributed by atoms with E-state index in [9.17, 15) is 18.8 Å². The highest BCUT2D eigenvalue weighted by Crippen LogP contribution is 2.33. The van der Waals surface area contributed by atoms with Gasteiger partial charge in [-0.3, -0.25) is 14.5 Å². The van der Waals surface area contributed by atoms with Crippen molar-refractivity contribution in [3.8, 4) is 5.69 Å². The lowest BCUT2D eigenvalue weighted by Crippen LogP contribution is -2.48. The van der Waals surface area contributed by atoms with Crippen molar-refractivity contribution < 1.29 is 18.8 Å². The van der Waals surface area contributed by atoms with Gasteiger partial charge in [-0.15, -0.1) is 5.10 Å². The van der Waals surface area contributed by atoms with Crippen molar-refractivity contribution in [3.63, 3.8) is 0 Å². The average molecular weight is 401 g/mol. The van der Waals surface area contributed by atoms with Crippen LogP contribution in [0.3, 0.4) is 0 Å². The molecule has 1 saturated heterocycles. The van der Waals surface area contributed by atoms with Gasteiger partial charge < -0.3 is 10.6 Å². The zero-order valence-electron chi connectivity index (χ0n) is 15.8. The molecule has 4 amide bonds. The van der Waals surface area contributed by atoms with Gasteiger partial charge in [-0.1, -0.05) is 19.3 Å². The van der Waals surface area contributed by atoms with Gasteiger partial charge in [0.25, 0.3) is 5.91 Å². The number of nitrogens with one attached hydrogen (secondary N) is 2. The van der Waals surface area contributed by atoms with Crippen LogP contribution in [0.15, 0.2) is 18.2 Å². The fourth-order valence-electron chi connectivity index (χ4n) is 3.87. The van der Waals surface area contributed by atoms with Gasteiger partial charge >= 0.3 is 6.03 Å². The lowest BCUT2D eigenvalue weighted by atomic mass is 9.82. The SMILES string of the molecule is Cc1nnnn1-c1cc(NC(=O)CN2C(=O)NC3(CCCCC3)C2=O)ccc1F. The standard InChI is InChI=1S/C18H20FN7O3/c1-11-22-23-24-26(11)14-9-12(5-6-13(14)19)20-15(27)10-25-16(28)18(21-17(25)29)7-3-2-4-8-18/h5-6,9H,2-4,7-8,10H2,1H3,(H,20,27)(H,21,29). The van der Waals surface area contributed by atoms with Gasteiger partial charge in [-0.25, -0.2) is 9.18 Å². The Bertz CT molecular complexity index is 984. The molecule has 1 saturated carbocycles. The Balaban J connectivity index is 1.47. The maximum atomic E-state index is 14.1. The minimum absolute atomic E-state index is 0.0708. The average Bonchev–Trinajstić information content (AvgIpc) is 3.21. The van der Waals surface area contributed by atoms with E-state index in [1.165, 1.54) is 22.9 Å². The second-order valence-corrected chi connectivity index (χ2v) is 7.32. The molecule has 2 aromatic rings. The number of tetrazole rings is 1. The van der Waals surface area contributed by atoms with Crippen molar-refractivity contribution in [2.45, 2.75) is 44.6 Å². The smallest absolute Gasteiger partial charge is 0.324 e. The van der Waals surface area contributed by atoms with Crippen LogP contribution in [0, 0.1) is 12.7 Å². The molecule has 1 aromatic carbocycles. The minimum Gasteiger partial charge on any atom is -0.324 e. The van der Waals surface area contributed by atoms with Crippen LogP contribution in [0.25, 0.3) is 5.69 Å². The van der Waals surface area contributed by atoms with Crippen molar-refractivity contribution in [2.24, 2.45) is 0 Å². The van der Waals surface area contributed by atoms with Crippen molar-refractivity contribution >= 4 is 23.5 Å². The van der Waals surface area contributed by atoms with E-state index in [2.05, 4.69) is 26.2 Å². The van der Waals surface area contributed by atoms with E-state index in [-0.39, 0.29) is 11.6 Å². The van der Waals surface area contributed by atoms with Crippen LogP contribution >= 0.6 is 0 Å². The second-order valence-electron chi connectivity index (χ2n) is 7.32. The highest BCUT2D eigenvalue weighted by Gasteiger charge is 2.51. The number of carbonyl (C=O) groups is 3. The summed E-state index contributed by atoms with van der Waals surface area (Å²) in [6.45, 7) is 1.20. The monoisotopic (exact) mass is 401 g/mol. The van der Waals surface area contributed by atoms with E-state index in [1.54, 1.807) is 6.92 Å². The number of hydrogen-bond acceptors (Lipinski definition) is 6. The molecule has 0 radical (unpaired) electrons. The molecule has 0 bridgehead atoms. The van der Waals surface area contributed by atoms with Gasteiger partial charge in [0.05, 0.1) is 0 Å². The van der Waals surface area contributed by atoms with Gasteiger partial charge in [0, 0.05) is 5.69 Å². The number of anilines is 1. The van der Waals surface area contributed by atoms with Crippen LogP contribution < -0.4 is 10.6 Å². The summed E-state index contributed by atoms with van der Waals surface area (Å²) in [5, 5.41) is 16.3. The Morgan fingerprint density at radius 1 is 1.28 bits per heavy atom. The second kappa shape index (κ2) is 7.22.